The van der Waals surface area contributed by atoms with Crippen LogP contribution in [0.2, 0.25) is 0 Å². The number of carbonyl (C=O) groups excluding carboxylic acids is 1. The SMILES string of the molecule is CCCc1ccc2c(c1)C(C(C)[N+](=O)[O-])OC2=O. The van der Waals surface area contributed by atoms with Gasteiger partial charge in [-0.25, -0.2) is 4.79 Å². The maximum absolute atomic E-state index is 11.6. The van der Waals surface area contributed by atoms with E-state index in [0.717, 1.165) is 18.4 Å². The molecule has 0 radical (unpaired) electrons. The maximum atomic E-state index is 11.6. The van der Waals surface area contributed by atoms with Crippen LogP contribution in [-0.2, 0) is 11.2 Å². The Hall–Kier alpha value is -1.91. The van der Waals surface area contributed by atoms with Gasteiger partial charge in [0.05, 0.1) is 5.56 Å². The van der Waals surface area contributed by atoms with Gasteiger partial charge in [0, 0.05) is 17.4 Å². The minimum atomic E-state index is -0.924. The van der Waals surface area contributed by atoms with Crippen LogP contribution < -0.4 is 0 Å². The molecule has 0 saturated heterocycles. The summed E-state index contributed by atoms with van der Waals surface area (Å²) >= 11 is 0. The molecule has 1 aromatic carbocycles. The van der Waals surface area contributed by atoms with Crippen LogP contribution in [0.1, 0.15) is 47.9 Å². The Kier molecular flexibility index (Phi) is 3.32. The third kappa shape index (κ3) is 2.08. The minimum Gasteiger partial charge on any atom is -0.446 e. The number of benzene rings is 1. The summed E-state index contributed by atoms with van der Waals surface area (Å²) < 4.78 is 5.11. The largest absolute Gasteiger partial charge is 0.446 e. The molecule has 0 amide bonds. The lowest BCUT2D eigenvalue weighted by Gasteiger charge is -2.12. The van der Waals surface area contributed by atoms with Gasteiger partial charge in [0.2, 0.25) is 0 Å². The van der Waals surface area contributed by atoms with Gasteiger partial charge in [-0.1, -0.05) is 25.5 Å². The van der Waals surface area contributed by atoms with Crippen molar-refractivity contribution >= 4 is 5.97 Å². The van der Waals surface area contributed by atoms with E-state index < -0.39 is 23.0 Å². The Bertz CT molecular complexity index is 498. The zero-order valence-corrected chi connectivity index (χ0v) is 10.4. The van der Waals surface area contributed by atoms with Gasteiger partial charge < -0.3 is 4.74 Å². The zero-order chi connectivity index (χ0) is 13.3. The lowest BCUT2D eigenvalue weighted by Crippen LogP contribution is -2.24. The van der Waals surface area contributed by atoms with E-state index in [4.69, 9.17) is 4.74 Å². The molecule has 1 aliphatic heterocycles. The van der Waals surface area contributed by atoms with E-state index >= 15 is 0 Å². The number of aryl methyl sites for hydroxylation is 1. The van der Waals surface area contributed by atoms with Crippen LogP contribution >= 0.6 is 0 Å². The summed E-state index contributed by atoms with van der Waals surface area (Å²) in [6, 6.07) is 4.51. The van der Waals surface area contributed by atoms with Crippen molar-refractivity contribution < 1.29 is 14.5 Å². The van der Waals surface area contributed by atoms with Gasteiger partial charge >= 0.3 is 5.97 Å². The highest BCUT2D eigenvalue weighted by Crippen LogP contribution is 2.34. The monoisotopic (exact) mass is 249 g/mol. The van der Waals surface area contributed by atoms with Crippen LogP contribution in [0.25, 0.3) is 0 Å². The number of nitro groups is 1. The van der Waals surface area contributed by atoms with Gasteiger partial charge in [-0.15, -0.1) is 0 Å². The molecule has 2 unspecified atom stereocenters. The highest BCUT2D eigenvalue weighted by Gasteiger charge is 2.40. The van der Waals surface area contributed by atoms with Crippen molar-refractivity contribution in [2.24, 2.45) is 0 Å². The number of hydrogen-bond acceptors (Lipinski definition) is 4. The van der Waals surface area contributed by atoms with Crippen molar-refractivity contribution in [1.29, 1.82) is 0 Å². The molecule has 0 saturated carbocycles. The fourth-order valence-corrected chi connectivity index (χ4v) is 2.19. The van der Waals surface area contributed by atoms with Gasteiger partial charge in [-0.2, -0.15) is 0 Å². The first-order chi connectivity index (χ1) is 8.54. The molecular weight excluding hydrogens is 234 g/mol. The number of fused-ring (bicyclic) bond motifs is 1. The quantitative estimate of drug-likeness (QED) is 0.467. The Morgan fingerprint density at radius 2 is 2.22 bits per heavy atom. The van der Waals surface area contributed by atoms with Gasteiger partial charge in [0.25, 0.3) is 6.04 Å². The standard InChI is InChI=1S/C13H15NO4/c1-3-4-9-5-6-10-11(7-9)12(18-13(10)15)8(2)14(16)17/h5-8,12H,3-4H2,1-2H3. The molecule has 2 atom stereocenters. The smallest absolute Gasteiger partial charge is 0.339 e. The molecule has 0 aliphatic carbocycles. The lowest BCUT2D eigenvalue weighted by atomic mass is 9.97. The van der Waals surface area contributed by atoms with Gasteiger partial charge in [0.1, 0.15) is 0 Å². The molecule has 1 heterocycles. The molecule has 0 N–H and O–H groups in total. The molecule has 5 nitrogen and oxygen atoms in total. The van der Waals surface area contributed by atoms with E-state index in [0.29, 0.717) is 11.1 Å². The summed E-state index contributed by atoms with van der Waals surface area (Å²) in [5.74, 6) is -0.466. The molecule has 0 aromatic heterocycles. The summed E-state index contributed by atoms with van der Waals surface area (Å²) in [6.45, 7) is 3.52. The van der Waals surface area contributed by atoms with Crippen molar-refractivity contribution in [3.05, 3.63) is 45.0 Å². The van der Waals surface area contributed by atoms with E-state index in [2.05, 4.69) is 6.92 Å². The number of esters is 1. The van der Waals surface area contributed by atoms with Crippen LogP contribution in [0.15, 0.2) is 18.2 Å². The van der Waals surface area contributed by atoms with Crippen LogP contribution in [0.5, 0.6) is 0 Å². The molecule has 1 aromatic rings. The number of cyclic esters (lactones) is 1. The minimum absolute atomic E-state index is 0.417. The van der Waals surface area contributed by atoms with Crippen LogP contribution in [-0.4, -0.2) is 16.9 Å². The fourth-order valence-electron chi connectivity index (χ4n) is 2.19. The molecule has 96 valence electrons. The third-order valence-corrected chi connectivity index (χ3v) is 3.19. The molecule has 5 heteroatoms. The molecule has 0 spiro atoms. The number of rotatable bonds is 4. The molecule has 0 bridgehead atoms. The highest BCUT2D eigenvalue weighted by molar-refractivity contribution is 5.94. The summed E-state index contributed by atoms with van der Waals surface area (Å²) in [5, 5.41) is 10.8. The third-order valence-electron chi connectivity index (χ3n) is 3.19. The predicted octanol–water partition coefficient (Wildman–Crippen LogP) is 2.52. The topological polar surface area (TPSA) is 69.4 Å². The summed E-state index contributed by atoms with van der Waals surface area (Å²) in [5.41, 5.74) is 2.18. The Balaban J connectivity index is 2.39. The second-order valence-electron chi connectivity index (χ2n) is 4.52. The number of nitrogens with zero attached hydrogens (tertiary/aromatic N) is 1. The van der Waals surface area contributed by atoms with E-state index in [1.165, 1.54) is 6.92 Å². The summed E-state index contributed by atoms with van der Waals surface area (Å²) in [6.07, 6.45) is 1.11. The van der Waals surface area contributed by atoms with E-state index in [1.807, 2.05) is 12.1 Å². The summed E-state index contributed by atoms with van der Waals surface area (Å²) in [7, 11) is 0. The Morgan fingerprint density at radius 3 is 2.83 bits per heavy atom. The lowest BCUT2D eigenvalue weighted by molar-refractivity contribution is -0.530. The number of hydrogen-bond donors (Lipinski definition) is 0. The first-order valence-corrected chi connectivity index (χ1v) is 6.02. The van der Waals surface area contributed by atoms with Gasteiger partial charge in [0.15, 0.2) is 6.10 Å². The normalized spacial score (nSPS) is 19.2. The first kappa shape index (κ1) is 12.5. The average Bonchev–Trinajstić information content (AvgIpc) is 2.66. The van der Waals surface area contributed by atoms with Crippen molar-refractivity contribution in [2.75, 3.05) is 0 Å². The van der Waals surface area contributed by atoms with E-state index in [-0.39, 0.29) is 0 Å². The van der Waals surface area contributed by atoms with Crippen molar-refractivity contribution in [3.63, 3.8) is 0 Å². The average molecular weight is 249 g/mol. The van der Waals surface area contributed by atoms with Crippen molar-refractivity contribution in [2.45, 2.75) is 38.8 Å². The molecular formula is C13H15NO4. The van der Waals surface area contributed by atoms with Crippen molar-refractivity contribution in [1.82, 2.24) is 0 Å². The second-order valence-corrected chi connectivity index (χ2v) is 4.52. The van der Waals surface area contributed by atoms with Crippen molar-refractivity contribution in [3.8, 4) is 0 Å². The first-order valence-electron chi connectivity index (χ1n) is 6.02. The predicted molar refractivity (Wildman–Crippen MR) is 65.0 cm³/mol. The number of ether oxygens (including phenoxy) is 1. The van der Waals surface area contributed by atoms with E-state index in [1.54, 1.807) is 6.07 Å². The Labute approximate surface area is 105 Å². The molecule has 2 rings (SSSR count). The van der Waals surface area contributed by atoms with E-state index in [9.17, 15) is 14.9 Å². The zero-order valence-electron chi connectivity index (χ0n) is 10.4. The molecule has 1 aliphatic rings. The highest BCUT2D eigenvalue weighted by atomic mass is 16.6. The van der Waals surface area contributed by atoms with Gasteiger partial charge in [-0.05, 0) is 18.1 Å². The van der Waals surface area contributed by atoms with Gasteiger partial charge in [-0.3, -0.25) is 10.1 Å². The summed E-state index contributed by atoms with van der Waals surface area (Å²) in [4.78, 5) is 22.0. The fraction of sp³-hybridized carbons (Fsp3) is 0.462. The van der Waals surface area contributed by atoms with Crippen LogP contribution in [0.4, 0.5) is 0 Å². The van der Waals surface area contributed by atoms with Crippen LogP contribution in [0, 0.1) is 10.1 Å². The second kappa shape index (κ2) is 4.76. The van der Waals surface area contributed by atoms with Crippen LogP contribution in [0.3, 0.4) is 0 Å². The molecule has 0 fully saturated rings. The Morgan fingerprint density at radius 1 is 1.50 bits per heavy atom. The molecule has 18 heavy (non-hydrogen) atoms. The number of carbonyl (C=O) groups is 1. The maximum Gasteiger partial charge on any atom is 0.339 e.